The number of aryl methyl sites for hydroxylation is 3. The van der Waals surface area contributed by atoms with Crippen molar-refractivity contribution >= 4 is 11.8 Å². The number of nitrogens with zero attached hydrogens (tertiary/aromatic N) is 1. The van der Waals surface area contributed by atoms with Gasteiger partial charge in [-0.3, -0.25) is 4.98 Å². The molecule has 2 aromatic rings. The van der Waals surface area contributed by atoms with E-state index in [1.807, 2.05) is 31.2 Å². The molecule has 0 radical (unpaired) electrons. The minimum absolute atomic E-state index is 0.369. The highest BCUT2D eigenvalue weighted by Gasteiger charge is 2.15. The van der Waals surface area contributed by atoms with Gasteiger partial charge in [0.15, 0.2) is 0 Å². The maximum atomic E-state index is 4.06. The highest BCUT2D eigenvalue weighted by Crippen LogP contribution is 2.28. The monoisotopic (exact) mass is 286 g/mol. The Bertz CT molecular complexity index is 543. The van der Waals surface area contributed by atoms with Gasteiger partial charge in [-0.25, -0.2) is 0 Å². The Labute approximate surface area is 126 Å². The molecular weight excluding hydrogens is 264 g/mol. The van der Waals surface area contributed by atoms with E-state index < -0.39 is 0 Å². The Balaban J connectivity index is 2.17. The molecule has 0 saturated heterocycles. The van der Waals surface area contributed by atoms with E-state index >= 15 is 0 Å². The average Bonchev–Trinajstić information content (AvgIpc) is 2.42. The molecule has 1 aromatic heterocycles. The second kappa shape index (κ2) is 6.91. The second-order valence-corrected chi connectivity index (χ2v) is 6.24. The van der Waals surface area contributed by atoms with Crippen LogP contribution in [-0.2, 0) is 0 Å². The molecular formula is C17H22N2S. The molecule has 0 fully saturated rings. The van der Waals surface area contributed by atoms with E-state index in [-0.39, 0.29) is 0 Å². The van der Waals surface area contributed by atoms with Gasteiger partial charge >= 0.3 is 0 Å². The number of hydrogen-bond donors (Lipinski definition) is 1. The number of thioether (sulfide) groups is 1. The van der Waals surface area contributed by atoms with E-state index in [9.17, 15) is 0 Å². The van der Waals surface area contributed by atoms with Crippen molar-refractivity contribution in [2.45, 2.75) is 31.7 Å². The van der Waals surface area contributed by atoms with Crippen LogP contribution in [0.4, 0.5) is 0 Å². The highest BCUT2D eigenvalue weighted by atomic mass is 32.2. The van der Waals surface area contributed by atoms with Crippen LogP contribution < -0.4 is 5.32 Å². The lowest BCUT2D eigenvalue weighted by molar-refractivity contribution is 0.653. The van der Waals surface area contributed by atoms with Gasteiger partial charge in [0, 0.05) is 29.1 Å². The molecule has 1 heterocycles. The molecule has 0 aliphatic rings. The summed E-state index contributed by atoms with van der Waals surface area (Å²) in [6.45, 7) is 6.57. The summed E-state index contributed by atoms with van der Waals surface area (Å²) in [5.74, 6) is 1.02. The van der Waals surface area contributed by atoms with Crippen LogP contribution >= 0.6 is 11.8 Å². The molecule has 0 spiro atoms. The van der Waals surface area contributed by atoms with E-state index in [4.69, 9.17) is 0 Å². The molecule has 0 bridgehead atoms. The minimum Gasteiger partial charge on any atom is -0.312 e. The summed E-state index contributed by atoms with van der Waals surface area (Å²) < 4.78 is 0. The highest BCUT2D eigenvalue weighted by molar-refractivity contribution is 7.99. The molecule has 1 N–H and O–H groups in total. The molecule has 20 heavy (non-hydrogen) atoms. The summed E-state index contributed by atoms with van der Waals surface area (Å²) in [5, 5.41) is 3.45. The van der Waals surface area contributed by atoms with Crippen LogP contribution in [0, 0.1) is 20.8 Å². The normalized spacial score (nSPS) is 12.4. The van der Waals surface area contributed by atoms with Crippen LogP contribution in [0.3, 0.4) is 0 Å². The van der Waals surface area contributed by atoms with Crippen LogP contribution in [0.15, 0.2) is 41.6 Å². The molecule has 0 aliphatic carbocycles. The molecule has 0 saturated carbocycles. The summed E-state index contributed by atoms with van der Waals surface area (Å²) in [6.07, 6.45) is 3.69. The lowest BCUT2D eigenvalue weighted by Gasteiger charge is -2.21. The molecule has 0 amide bonds. The maximum Gasteiger partial charge on any atom is 0.0418 e. The quantitative estimate of drug-likeness (QED) is 0.839. The third-order valence-electron chi connectivity index (χ3n) is 3.50. The lowest BCUT2D eigenvalue weighted by atomic mass is 9.95. The third-order valence-corrected chi connectivity index (χ3v) is 4.61. The largest absolute Gasteiger partial charge is 0.312 e. The smallest absolute Gasteiger partial charge is 0.0418 e. The Morgan fingerprint density at radius 1 is 1.10 bits per heavy atom. The molecule has 106 valence electrons. The number of pyridine rings is 1. The summed E-state index contributed by atoms with van der Waals surface area (Å²) >= 11 is 1.87. The van der Waals surface area contributed by atoms with E-state index in [2.05, 4.69) is 55.3 Å². The van der Waals surface area contributed by atoms with Gasteiger partial charge in [0.05, 0.1) is 0 Å². The first-order valence-corrected chi connectivity index (χ1v) is 7.88. The topological polar surface area (TPSA) is 24.9 Å². The zero-order valence-electron chi connectivity index (χ0n) is 12.6. The van der Waals surface area contributed by atoms with E-state index in [0.717, 1.165) is 5.75 Å². The Morgan fingerprint density at radius 2 is 1.70 bits per heavy atom. The van der Waals surface area contributed by atoms with Crippen molar-refractivity contribution in [3.8, 4) is 0 Å². The van der Waals surface area contributed by atoms with Gasteiger partial charge in [-0.2, -0.15) is 0 Å². The minimum atomic E-state index is 0.369. The maximum absolute atomic E-state index is 4.06. The van der Waals surface area contributed by atoms with Gasteiger partial charge in [-0.15, -0.1) is 11.8 Å². The fourth-order valence-electron chi connectivity index (χ4n) is 2.67. The van der Waals surface area contributed by atoms with Gasteiger partial charge in [0.25, 0.3) is 0 Å². The third kappa shape index (κ3) is 3.62. The summed E-state index contributed by atoms with van der Waals surface area (Å²) in [5.41, 5.74) is 5.51. The van der Waals surface area contributed by atoms with Gasteiger partial charge in [-0.05, 0) is 56.6 Å². The number of rotatable bonds is 5. The fourth-order valence-corrected chi connectivity index (χ4v) is 3.67. The van der Waals surface area contributed by atoms with Crippen molar-refractivity contribution < 1.29 is 0 Å². The molecule has 3 heteroatoms. The Morgan fingerprint density at radius 3 is 2.25 bits per heavy atom. The second-order valence-electron chi connectivity index (χ2n) is 5.15. The van der Waals surface area contributed by atoms with Crippen molar-refractivity contribution in [2.75, 3.05) is 12.8 Å². The number of benzene rings is 1. The predicted molar refractivity (Wildman–Crippen MR) is 87.4 cm³/mol. The fraction of sp³-hybridized carbons (Fsp3) is 0.353. The van der Waals surface area contributed by atoms with E-state index in [1.54, 1.807) is 0 Å². The zero-order valence-corrected chi connectivity index (χ0v) is 13.4. The molecule has 2 rings (SSSR count). The molecule has 1 atom stereocenters. The van der Waals surface area contributed by atoms with Crippen LogP contribution in [-0.4, -0.2) is 17.8 Å². The van der Waals surface area contributed by atoms with Crippen LogP contribution in [0.1, 0.15) is 28.3 Å². The first kappa shape index (κ1) is 15.1. The van der Waals surface area contributed by atoms with E-state index in [1.165, 1.54) is 27.1 Å². The van der Waals surface area contributed by atoms with Gasteiger partial charge in [0.1, 0.15) is 0 Å². The molecule has 2 nitrogen and oxygen atoms in total. The SMILES string of the molecule is CNC(CSc1ccncc1)c1c(C)cc(C)cc1C. The zero-order chi connectivity index (χ0) is 14.5. The molecule has 1 unspecified atom stereocenters. The number of aromatic nitrogens is 1. The first-order chi connectivity index (χ1) is 9.61. The summed E-state index contributed by atoms with van der Waals surface area (Å²) in [4.78, 5) is 5.33. The van der Waals surface area contributed by atoms with Crippen molar-refractivity contribution in [1.29, 1.82) is 0 Å². The van der Waals surface area contributed by atoms with Crippen molar-refractivity contribution in [1.82, 2.24) is 10.3 Å². The van der Waals surface area contributed by atoms with Crippen LogP contribution in [0.2, 0.25) is 0 Å². The first-order valence-electron chi connectivity index (χ1n) is 6.89. The van der Waals surface area contributed by atoms with Crippen molar-refractivity contribution in [3.05, 3.63) is 58.9 Å². The van der Waals surface area contributed by atoms with Gasteiger partial charge < -0.3 is 5.32 Å². The van der Waals surface area contributed by atoms with Crippen LogP contribution in [0.5, 0.6) is 0 Å². The van der Waals surface area contributed by atoms with E-state index in [0.29, 0.717) is 6.04 Å². The lowest BCUT2D eigenvalue weighted by Crippen LogP contribution is -2.21. The van der Waals surface area contributed by atoms with Crippen molar-refractivity contribution in [2.24, 2.45) is 0 Å². The van der Waals surface area contributed by atoms with Gasteiger partial charge in [0.2, 0.25) is 0 Å². The van der Waals surface area contributed by atoms with Gasteiger partial charge in [-0.1, -0.05) is 17.7 Å². The standard InChI is InChI=1S/C17H22N2S/c1-12-9-13(2)17(14(3)10-12)16(18-4)11-20-15-5-7-19-8-6-15/h5-10,16,18H,11H2,1-4H3. The molecule has 0 aliphatic heterocycles. The Kier molecular flexibility index (Phi) is 5.21. The summed E-state index contributed by atoms with van der Waals surface area (Å²) in [6, 6.07) is 9.03. The number of hydrogen-bond acceptors (Lipinski definition) is 3. The average molecular weight is 286 g/mol. The Hall–Kier alpha value is -1.32. The predicted octanol–water partition coefficient (Wildman–Crippen LogP) is 4.06. The summed E-state index contributed by atoms with van der Waals surface area (Å²) in [7, 11) is 2.04. The molecule has 1 aromatic carbocycles. The van der Waals surface area contributed by atoms with Crippen LogP contribution in [0.25, 0.3) is 0 Å². The van der Waals surface area contributed by atoms with Crippen molar-refractivity contribution in [3.63, 3.8) is 0 Å². The number of nitrogens with one attached hydrogen (secondary N) is 1.